The maximum absolute atomic E-state index is 13.0. The van der Waals surface area contributed by atoms with Gasteiger partial charge in [-0.3, -0.25) is 9.59 Å². The summed E-state index contributed by atoms with van der Waals surface area (Å²) >= 11 is 0. The Balaban J connectivity index is 1.48. The molecule has 0 N–H and O–H groups in total. The standard InChI is InChI=1S/C23H26FNO4/c1-2-28-23(27)18-12-14-25(15-13-18)22(26)11-6-17-4-3-5-21(16-17)29-20-9-7-19(24)8-10-20/h3-5,7-10,16,18H,2,6,11-15H2,1H3. The number of hydrogen-bond donors (Lipinski definition) is 0. The van der Waals surface area contributed by atoms with Crippen LogP contribution in [0.2, 0.25) is 0 Å². The molecule has 1 aliphatic rings. The van der Waals surface area contributed by atoms with Crippen molar-refractivity contribution in [2.45, 2.75) is 32.6 Å². The third-order valence-electron chi connectivity index (χ3n) is 5.04. The van der Waals surface area contributed by atoms with Crippen LogP contribution in [0.4, 0.5) is 4.39 Å². The molecule has 0 saturated carbocycles. The van der Waals surface area contributed by atoms with Gasteiger partial charge >= 0.3 is 5.97 Å². The first-order valence-electron chi connectivity index (χ1n) is 10.0. The molecule has 0 unspecified atom stereocenters. The van der Waals surface area contributed by atoms with Gasteiger partial charge in [0.05, 0.1) is 12.5 Å². The number of piperidine rings is 1. The number of likely N-dealkylation sites (tertiary alicyclic amines) is 1. The summed E-state index contributed by atoms with van der Waals surface area (Å²) in [5, 5.41) is 0. The Hall–Kier alpha value is -2.89. The number of ether oxygens (including phenoxy) is 2. The molecule has 0 aromatic heterocycles. The van der Waals surface area contributed by atoms with E-state index in [1.807, 2.05) is 29.2 Å². The monoisotopic (exact) mass is 399 g/mol. The molecule has 3 rings (SSSR count). The van der Waals surface area contributed by atoms with Crippen molar-refractivity contribution in [1.29, 1.82) is 0 Å². The molecule has 0 bridgehead atoms. The van der Waals surface area contributed by atoms with E-state index < -0.39 is 0 Å². The van der Waals surface area contributed by atoms with Crippen molar-refractivity contribution in [1.82, 2.24) is 4.90 Å². The molecule has 0 spiro atoms. The fourth-order valence-electron chi connectivity index (χ4n) is 3.44. The topological polar surface area (TPSA) is 55.8 Å². The van der Waals surface area contributed by atoms with Crippen molar-refractivity contribution in [2.75, 3.05) is 19.7 Å². The Labute approximate surface area is 170 Å². The lowest BCUT2D eigenvalue weighted by Crippen LogP contribution is -2.40. The average molecular weight is 399 g/mol. The van der Waals surface area contributed by atoms with Crippen LogP contribution in [0.5, 0.6) is 11.5 Å². The quantitative estimate of drug-likeness (QED) is 0.650. The van der Waals surface area contributed by atoms with Gasteiger partial charge < -0.3 is 14.4 Å². The number of carbonyl (C=O) groups excluding carboxylic acids is 2. The van der Waals surface area contributed by atoms with Gasteiger partial charge in [0.2, 0.25) is 5.91 Å². The zero-order valence-corrected chi connectivity index (χ0v) is 16.6. The minimum absolute atomic E-state index is 0.0946. The third-order valence-corrected chi connectivity index (χ3v) is 5.04. The van der Waals surface area contributed by atoms with Crippen LogP contribution in [0.15, 0.2) is 48.5 Å². The van der Waals surface area contributed by atoms with Crippen LogP contribution in [0, 0.1) is 11.7 Å². The minimum atomic E-state index is -0.309. The van der Waals surface area contributed by atoms with E-state index in [4.69, 9.17) is 9.47 Å². The summed E-state index contributed by atoms with van der Waals surface area (Å²) < 4.78 is 23.8. The fraction of sp³-hybridized carbons (Fsp3) is 0.391. The van der Waals surface area contributed by atoms with Crippen molar-refractivity contribution in [3.05, 3.63) is 59.9 Å². The Morgan fingerprint density at radius 1 is 1.07 bits per heavy atom. The summed E-state index contributed by atoms with van der Waals surface area (Å²) in [7, 11) is 0. The maximum atomic E-state index is 13.0. The molecule has 154 valence electrons. The third kappa shape index (κ3) is 6.04. The van der Waals surface area contributed by atoms with Crippen molar-refractivity contribution in [3.8, 4) is 11.5 Å². The maximum Gasteiger partial charge on any atom is 0.309 e. The second kappa shape index (κ2) is 10.0. The van der Waals surface area contributed by atoms with Gasteiger partial charge in [0.15, 0.2) is 0 Å². The molecular formula is C23H26FNO4. The van der Waals surface area contributed by atoms with E-state index in [0.717, 1.165) is 5.56 Å². The normalized spacial score (nSPS) is 14.5. The van der Waals surface area contributed by atoms with Crippen molar-refractivity contribution < 1.29 is 23.5 Å². The summed E-state index contributed by atoms with van der Waals surface area (Å²) in [4.78, 5) is 26.2. The highest BCUT2D eigenvalue weighted by atomic mass is 19.1. The highest BCUT2D eigenvalue weighted by Gasteiger charge is 2.27. The van der Waals surface area contributed by atoms with Crippen LogP contribution in [-0.2, 0) is 20.7 Å². The summed E-state index contributed by atoms with van der Waals surface area (Å²) in [6.07, 6.45) is 2.33. The number of aryl methyl sites for hydroxylation is 1. The van der Waals surface area contributed by atoms with Crippen LogP contribution in [0.1, 0.15) is 31.7 Å². The van der Waals surface area contributed by atoms with E-state index in [9.17, 15) is 14.0 Å². The lowest BCUT2D eigenvalue weighted by atomic mass is 9.96. The Morgan fingerprint density at radius 3 is 2.48 bits per heavy atom. The second-order valence-electron chi connectivity index (χ2n) is 7.11. The summed E-state index contributed by atoms with van der Waals surface area (Å²) in [6.45, 7) is 3.38. The second-order valence-corrected chi connectivity index (χ2v) is 7.11. The van der Waals surface area contributed by atoms with Gasteiger partial charge in [-0.1, -0.05) is 12.1 Å². The minimum Gasteiger partial charge on any atom is -0.466 e. The summed E-state index contributed by atoms with van der Waals surface area (Å²) in [5.41, 5.74) is 0.999. The Kier molecular flexibility index (Phi) is 7.22. The lowest BCUT2D eigenvalue weighted by Gasteiger charge is -2.31. The van der Waals surface area contributed by atoms with Crippen molar-refractivity contribution in [3.63, 3.8) is 0 Å². The molecule has 1 saturated heterocycles. The van der Waals surface area contributed by atoms with Gasteiger partial charge in [-0.15, -0.1) is 0 Å². The molecule has 1 fully saturated rings. The lowest BCUT2D eigenvalue weighted by molar-refractivity contribution is -0.151. The number of rotatable bonds is 7. The zero-order chi connectivity index (χ0) is 20.6. The van der Waals surface area contributed by atoms with Gasteiger partial charge in [-0.05, 0) is 68.1 Å². The number of esters is 1. The molecule has 2 aromatic carbocycles. The van der Waals surface area contributed by atoms with Crippen LogP contribution >= 0.6 is 0 Å². The van der Waals surface area contributed by atoms with Crippen LogP contribution < -0.4 is 4.74 Å². The van der Waals surface area contributed by atoms with E-state index in [-0.39, 0.29) is 23.6 Å². The van der Waals surface area contributed by atoms with Gasteiger partial charge in [0.1, 0.15) is 17.3 Å². The average Bonchev–Trinajstić information content (AvgIpc) is 2.74. The summed E-state index contributed by atoms with van der Waals surface area (Å²) in [5.74, 6) is 0.742. The molecule has 0 atom stereocenters. The van der Waals surface area contributed by atoms with Gasteiger partial charge in [0.25, 0.3) is 0 Å². The van der Waals surface area contributed by atoms with Crippen molar-refractivity contribution >= 4 is 11.9 Å². The van der Waals surface area contributed by atoms with E-state index in [1.54, 1.807) is 19.1 Å². The predicted octanol–water partition coefficient (Wildman–Crippen LogP) is 4.35. The van der Waals surface area contributed by atoms with Crippen LogP contribution in [0.3, 0.4) is 0 Å². The first-order chi connectivity index (χ1) is 14.0. The van der Waals surface area contributed by atoms with Crippen LogP contribution in [-0.4, -0.2) is 36.5 Å². The largest absolute Gasteiger partial charge is 0.466 e. The number of benzene rings is 2. The molecule has 0 aliphatic carbocycles. The highest BCUT2D eigenvalue weighted by molar-refractivity contribution is 5.77. The first kappa shape index (κ1) is 20.8. The number of amides is 1. The molecule has 1 heterocycles. The predicted molar refractivity (Wildman–Crippen MR) is 107 cm³/mol. The van der Waals surface area contributed by atoms with E-state index >= 15 is 0 Å². The number of nitrogens with zero attached hydrogens (tertiary/aromatic N) is 1. The Morgan fingerprint density at radius 2 is 1.79 bits per heavy atom. The molecule has 0 radical (unpaired) electrons. The molecule has 1 amide bonds. The molecule has 5 nitrogen and oxygen atoms in total. The summed E-state index contributed by atoms with van der Waals surface area (Å²) in [6, 6.07) is 13.4. The van der Waals surface area contributed by atoms with Gasteiger partial charge in [-0.25, -0.2) is 4.39 Å². The number of halogens is 1. The molecule has 6 heteroatoms. The highest BCUT2D eigenvalue weighted by Crippen LogP contribution is 2.24. The fourth-order valence-corrected chi connectivity index (χ4v) is 3.44. The number of carbonyl (C=O) groups is 2. The molecular weight excluding hydrogens is 373 g/mol. The zero-order valence-electron chi connectivity index (χ0n) is 16.6. The van der Waals surface area contributed by atoms with E-state index in [2.05, 4.69) is 0 Å². The van der Waals surface area contributed by atoms with E-state index in [1.165, 1.54) is 12.1 Å². The SMILES string of the molecule is CCOC(=O)C1CCN(C(=O)CCc2cccc(Oc3ccc(F)cc3)c2)CC1. The molecule has 1 aliphatic heterocycles. The van der Waals surface area contributed by atoms with Crippen molar-refractivity contribution in [2.24, 2.45) is 5.92 Å². The smallest absolute Gasteiger partial charge is 0.309 e. The Bertz CT molecular complexity index is 829. The number of hydrogen-bond acceptors (Lipinski definition) is 4. The molecule has 29 heavy (non-hydrogen) atoms. The molecule has 2 aromatic rings. The van der Waals surface area contributed by atoms with Gasteiger partial charge in [-0.2, -0.15) is 0 Å². The first-order valence-corrected chi connectivity index (χ1v) is 10.0. The van der Waals surface area contributed by atoms with E-state index in [0.29, 0.717) is 56.9 Å². The van der Waals surface area contributed by atoms with Crippen LogP contribution in [0.25, 0.3) is 0 Å². The van der Waals surface area contributed by atoms with Gasteiger partial charge in [0, 0.05) is 19.5 Å².